The van der Waals surface area contributed by atoms with Crippen LogP contribution in [0.4, 0.5) is 0 Å². The van der Waals surface area contributed by atoms with Gasteiger partial charge < -0.3 is 9.47 Å². The minimum Gasteiger partial charge on any atom is -0.497 e. The molecule has 1 aliphatic carbocycles. The zero-order chi connectivity index (χ0) is 16.0. The summed E-state index contributed by atoms with van der Waals surface area (Å²) in [5.41, 5.74) is 2.87. The van der Waals surface area contributed by atoms with Crippen molar-refractivity contribution >= 4 is 0 Å². The molecule has 120 valence electrons. The summed E-state index contributed by atoms with van der Waals surface area (Å²) in [6.07, 6.45) is 3.00. The summed E-state index contributed by atoms with van der Waals surface area (Å²) in [6.45, 7) is 4.24. The van der Waals surface area contributed by atoms with Gasteiger partial charge in [-0.05, 0) is 44.4 Å². The van der Waals surface area contributed by atoms with Gasteiger partial charge in [0.25, 0.3) is 0 Å². The molecule has 0 N–H and O–H groups in total. The van der Waals surface area contributed by atoms with Gasteiger partial charge in [-0.15, -0.1) is 10.2 Å². The highest BCUT2D eigenvalue weighted by atomic mass is 16.5. The van der Waals surface area contributed by atoms with Crippen LogP contribution in [0.3, 0.4) is 0 Å². The van der Waals surface area contributed by atoms with Gasteiger partial charge in [-0.2, -0.15) is 0 Å². The molecule has 0 saturated carbocycles. The number of ether oxygens (including phenoxy) is 2. The van der Waals surface area contributed by atoms with Crippen molar-refractivity contribution in [2.75, 3.05) is 7.11 Å². The Morgan fingerprint density at radius 1 is 1.26 bits per heavy atom. The fourth-order valence-corrected chi connectivity index (χ4v) is 3.76. The largest absolute Gasteiger partial charge is 0.497 e. The van der Waals surface area contributed by atoms with E-state index in [1.807, 2.05) is 24.3 Å². The normalized spacial score (nSPS) is 28.5. The standard InChI is InChI=1S/C18H21N3O2/c1-11-14-8-9-18(2,23-11)17-16(14)19-15(20-21-17)10-12-4-6-13(22-3)7-5-12/h4-7,11,14H,8-10H2,1-3H3. The van der Waals surface area contributed by atoms with Crippen LogP contribution >= 0.6 is 0 Å². The third-order valence-corrected chi connectivity index (χ3v) is 5.08. The minimum absolute atomic E-state index is 0.201. The van der Waals surface area contributed by atoms with Crippen molar-refractivity contribution in [3.05, 3.63) is 47.0 Å². The van der Waals surface area contributed by atoms with Gasteiger partial charge in [0.2, 0.25) is 0 Å². The molecule has 3 aliphatic rings. The number of rotatable bonds is 3. The molecule has 3 heterocycles. The summed E-state index contributed by atoms with van der Waals surface area (Å²) < 4.78 is 11.3. The minimum atomic E-state index is -0.317. The van der Waals surface area contributed by atoms with Crippen LogP contribution in [0, 0.1) is 0 Å². The molecule has 0 spiro atoms. The quantitative estimate of drug-likeness (QED) is 0.872. The predicted octanol–water partition coefficient (Wildman–Crippen LogP) is 2.98. The maximum Gasteiger partial charge on any atom is 0.155 e. The van der Waals surface area contributed by atoms with Crippen LogP contribution in [0.15, 0.2) is 24.3 Å². The molecule has 2 aromatic rings. The number of hydrogen-bond acceptors (Lipinski definition) is 5. The summed E-state index contributed by atoms with van der Waals surface area (Å²) in [4.78, 5) is 4.84. The van der Waals surface area contributed by atoms with Crippen LogP contribution in [0.25, 0.3) is 0 Å². The van der Waals surface area contributed by atoms with Crippen LogP contribution in [-0.4, -0.2) is 28.4 Å². The Morgan fingerprint density at radius 2 is 2.04 bits per heavy atom. The molecule has 1 saturated heterocycles. The first-order valence-electron chi connectivity index (χ1n) is 8.14. The SMILES string of the molecule is COc1ccc(Cc2nnc3c(n2)C2CCC3(C)OC2C)cc1. The second-order valence-corrected chi connectivity index (χ2v) is 6.69. The highest BCUT2D eigenvalue weighted by molar-refractivity contribution is 5.32. The maximum atomic E-state index is 6.13. The first-order valence-corrected chi connectivity index (χ1v) is 8.14. The van der Waals surface area contributed by atoms with Crippen LogP contribution in [0.1, 0.15) is 55.4 Å². The average molecular weight is 311 g/mol. The van der Waals surface area contributed by atoms with Gasteiger partial charge in [0, 0.05) is 12.3 Å². The molecule has 1 aromatic heterocycles. The van der Waals surface area contributed by atoms with Gasteiger partial charge in [-0.3, -0.25) is 0 Å². The summed E-state index contributed by atoms with van der Waals surface area (Å²) in [5, 5.41) is 8.82. The highest BCUT2D eigenvalue weighted by Crippen LogP contribution is 2.50. The molecule has 2 bridgehead atoms. The second kappa shape index (κ2) is 5.27. The molecular weight excluding hydrogens is 290 g/mol. The average Bonchev–Trinajstić information content (AvgIpc) is 2.55. The Bertz CT molecular complexity index is 732. The number of hydrogen-bond donors (Lipinski definition) is 0. The molecule has 5 nitrogen and oxygen atoms in total. The van der Waals surface area contributed by atoms with E-state index in [0.717, 1.165) is 41.4 Å². The Balaban J connectivity index is 1.65. The van der Waals surface area contributed by atoms with E-state index in [9.17, 15) is 0 Å². The second-order valence-electron chi connectivity index (χ2n) is 6.69. The fraction of sp³-hybridized carbons (Fsp3) is 0.500. The van der Waals surface area contributed by atoms with E-state index in [4.69, 9.17) is 14.5 Å². The van der Waals surface area contributed by atoms with Gasteiger partial charge in [-0.1, -0.05) is 12.1 Å². The van der Waals surface area contributed by atoms with Crippen molar-refractivity contribution in [1.82, 2.24) is 15.2 Å². The van der Waals surface area contributed by atoms with Crippen molar-refractivity contribution in [2.24, 2.45) is 0 Å². The molecule has 1 aromatic carbocycles. The predicted molar refractivity (Wildman–Crippen MR) is 85.5 cm³/mol. The summed E-state index contributed by atoms with van der Waals surface area (Å²) >= 11 is 0. The van der Waals surface area contributed by atoms with Crippen molar-refractivity contribution in [2.45, 2.75) is 50.7 Å². The van der Waals surface area contributed by atoms with E-state index in [0.29, 0.717) is 12.3 Å². The molecule has 3 unspecified atom stereocenters. The summed E-state index contributed by atoms with van der Waals surface area (Å²) in [5.74, 6) is 1.98. The highest BCUT2D eigenvalue weighted by Gasteiger charge is 2.48. The van der Waals surface area contributed by atoms with E-state index in [2.05, 4.69) is 24.0 Å². The molecule has 0 amide bonds. The van der Waals surface area contributed by atoms with Gasteiger partial charge in [0.1, 0.15) is 17.0 Å². The first kappa shape index (κ1) is 14.6. The van der Waals surface area contributed by atoms with Gasteiger partial charge in [-0.25, -0.2) is 4.98 Å². The zero-order valence-corrected chi connectivity index (χ0v) is 13.7. The van der Waals surface area contributed by atoms with Gasteiger partial charge in [0.05, 0.1) is 18.9 Å². The van der Waals surface area contributed by atoms with Crippen molar-refractivity contribution in [3.63, 3.8) is 0 Å². The zero-order valence-electron chi connectivity index (χ0n) is 13.7. The molecule has 2 aliphatic heterocycles. The van der Waals surface area contributed by atoms with E-state index in [1.165, 1.54) is 0 Å². The van der Waals surface area contributed by atoms with Crippen LogP contribution in [-0.2, 0) is 16.8 Å². The third kappa shape index (κ3) is 2.39. The van der Waals surface area contributed by atoms with Crippen LogP contribution < -0.4 is 4.74 Å². The van der Waals surface area contributed by atoms with Crippen LogP contribution in [0.2, 0.25) is 0 Å². The maximum absolute atomic E-state index is 6.13. The lowest BCUT2D eigenvalue weighted by molar-refractivity contribution is -0.145. The van der Waals surface area contributed by atoms with E-state index >= 15 is 0 Å². The number of nitrogens with zero attached hydrogens (tertiary/aromatic N) is 3. The van der Waals surface area contributed by atoms with E-state index < -0.39 is 0 Å². The lowest BCUT2D eigenvalue weighted by Crippen LogP contribution is -2.46. The first-order chi connectivity index (χ1) is 11.1. The van der Waals surface area contributed by atoms with Crippen molar-refractivity contribution in [1.29, 1.82) is 0 Å². The number of aromatic nitrogens is 3. The number of fused-ring (bicyclic) bond motifs is 2. The molecule has 0 radical (unpaired) electrons. The van der Waals surface area contributed by atoms with Crippen LogP contribution in [0.5, 0.6) is 5.75 Å². The van der Waals surface area contributed by atoms with E-state index in [-0.39, 0.29) is 11.7 Å². The third-order valence-electron chi connectivity index (χ3n) is 5.08. The van der Waals surface area contributed by atoms with E-state index in [1.54, 1.807) is 7.11 Å². The Labute approximate surface area is 136 Å². The fourth-order valence-electron chi connectivity index (χ4n) is 3.76. The topological polar surface area (TPSA) is 57.1 Å². The molecule has 3 atom stereocenters. The number of benzene rings is 1. The summed E-state index contributed by atoms with van der Waals surface area (Å²) in [6, 6.07) is 8.00. The Hall–Kier alpha value is -2.01. The van der Waals surface area contributed by atoms with Gasteiger partial charge in [0.15, 0.2) is 5.82 Å². The summed E-state index contributed by atoms with van der Waals surface area (Å²) in [7, 11) is 1.67. The lowest BCUT2D eigenvalue weighted by Gasteiger charge is -2.47. The Kier molecular flexibility index (Phi) is 3.34. The lowest BCUT2D eigenvalue weighted by atomic mass is 9.74. The molecule has 1 fully saturated rings. The Morgan fingerprint density at radius 3 is 2.74 bits per heavy atom. The molecular formula is C18H21N3O2. The molecule has 23 heavy (non-hydrogen) atoms. The number of methoxy groups -OCH3 is 1. The van der Waals surface area contributed by atoms with Crippen molar-refractivity contribution < 1.29 is 9.47 Å². The van der Waals surface area contributed by atoms with Crippen molar-refractivity contribution in [3.8, 4) is 5.75 Å². The van der Waals surface area contributed by atoms with Gasteiger partial charge >= 0.3 is 0 Å². The molecule has 5 rings (SSSR count). The molecule has 5 heteroatoms. The monoisotopic (exact) mass is 311 g/mol. The smallest absolute Gasteiger partial charge is 0.155 e.